The normalized spacial score (nSPS) is 18.9. The Morgan fingerprint density at radius 2 is 2.35 bits per heavy atom. The first-order valence-corrected chi connectivity index (χ1v) is 6.88. The van der Waals surface area contributed by atoms with Crippen molar-refractivity contribution < 1.29 is 14.1 Å². The smallest absolute Gasteiger partial charge is 0.304 e. The largest absolute Gasteiger partial charge is 0.377 e. The van der Waals surface area contributed by atoms with Gasteiger partial charge < -0.3 is 10.1 Å². The van der Waals surface area contributed by atoms with E-state index >= 15 is 0 Å². The lowest BCUT2D eigenvalue weighted by molar-refractivity contribution is -0.387. The Balaban J connectivity index is 1.73. The van der Waals surface area contributed by atoms with Gasteiger partial charge in [0.1, 0.15) is 0 Å². The molecule has 1 unspecified atom stereocenters. The molecule has 0 radical (unpaired) electrons. The van der Waals surface area contributed by atoms with Crippen molar-refractivity contribution in [1.82, 2.24) is 5.32 Å². The maximum atomic E-state index is 13.4. The van der Waals surface area contributed by atoms with Crippen LogP contribution in [-0.4, -0.2) is 24.6 Å². The van der Waals surface area contributed by atoms with E-state index in [4.69, 9.17) is 4.74 Å². The fourth-order valence-corrected chi connectivity index (χ4v) is 2.40. The van der Waals surface area contributed by atoms with Gasteiger partial charge in [0.25, 0.3) is 0 Å². The Hall–Kier alpha value is -1.53. The molecule has 1 N–H and O–H groups in total. The molecule has 1 atom stereocenters. The highest BCUT2D eigenvalue weighted by molar-refractivity contribution is 5.34. The highest BCUT2D eigenvalue weighted by atomic mass is 19.1. The highest BCUT2D eigenvalue weighted by Gasteiger charge is 2.14. The quantitative estimate of drug-likeness (QED) is 0.495. The van der Waals surface area contributed by atoms with Crippen molar-refractivity contribution in [3.8, 4) is 0 Å². The Bertz CT molecular complexity index is 462. The average Bonchev–Trinajstić information content (AvgIpc) is 2.44. The molecule has 1 aromatic carbocycles. The zero-order valence-corrected chi connectivity index (χ0v) is 11.3. The second kappa shape index (κ2) is 7.31. The summed E-state index contributed by atoms with van der Waals surface area (Å²) in [5, 5.41) is 13.8. The van der Waals surface area contributed by atoms with Crippen LogP contribution in [0, 0.1) is 21.8 Å². The van der Waals surface area contributed by atoms with Crippen LogP contribution in [0.25, 0.3) is 0 Å². The predicted octanol–water partition coefficient (Wildman–Crippen LogP) is 2.64. The number of hydrogen-bond acceptors (Lipinski definition) is 4. The van der Waals surface area contributed by atoms with Crippen molar-refractivity contribution in [2.75, 3.05) is 19.7 Å². The molecule has 20 heavy (non-hydrogen) atoms. The molecule has 1 aliphatic heterocycles. The van der Waals surface area contributed by atoms with Crippen molar-refractivity contribution in [1.29, 1.82) is 0 Å². The Morgan fingerprint density at radius 3 is 3.00 bits per heavy atom. The molecule has 1 fully saturated rings. The molecule has 110 valence electrons. The second-order valence-electron chi connectivity index (χ2n) is 5.10. The summed E-state index contributed by atoms with van der Waals surface area (Å²) in [6, 6.07) is 3.88. The summed E-state index contributed by atoms with van der Waals surface area (Å²) >= 11 is 0. The number of nitrogens with one attached hydrogen (secondary N) is 1. The van der Waals surface area contributed by atoms with Gasteiger partial charge in [0.2, 0.25) is 5.82 Å². The molecular formula is C14H19FN2O3. The summed E-state index contributed by atoms with van der Waals surface area (Å²) in [5.74, 6) is -0.162. The molecule has 0 aromatic heterocycles. The minimum Gasteiger partial charge on any atom is -0.377 e. The molecule has 0 bridgehead atoms. The maximum Gasteiger partial charge on any atom is 0.304 e. The third-order valence-electron chi connectivity index (χ3n) is 3.55. The zero-order chi connectivity index (χ0) is 14.4. The first-order chi connectivity index (χ1) is 9.66. The minimum absolute atomic E-state index is 0.287. The fraction of sp³-hybridized carbons (Fsp3) is 0.571. The van der Waals surface area contributed by atoms with Gasteiger partial charge in [-0.1, -0.05) is 0 Å². The van der Waals surface area contributed by atoms with E-state index < -0.39 is 16.4 Å². The number of rotatable bonds is 6. The first kappa shape index (κ1) is 14.9. The molecule has 0 saturated carbocycles. The zero-order valence-electron chi connectivity index (χ0n) is 11.3. The monoisotopic (exact) mass is 282 g/mol. The third kappa shape index (κ3) is 4.25. The highest BCUT2D eigenvalue weighted by Crippen LogP contribution is 2.19. The van der Waals surface area contributed by atoms with Crippen molar-refractivity contribution >= 4 is 5.69 Å². The van der Waals surface area contributed by atoms with Gasteiger partial charge in [-0.15, -0.1) is 0 Å². The summed E-state index contributed by atoms with van der Waals surface area (Å²) in [4.78, 5) is 9.77. The first-order valence-electron chi connectivity index (χ1n) is 6.88. The van der Waals surface area contributed by atoms with E-state index in [0.29, 0.717) is 18.1 Å². The summed E-state index contributed by atoms with van der Waals surface area (Å²) < 4.78 is 18.9. The summed E-state index contributed by atoms with van der Waals surface area (Å²) in [6.07, 6.45) is 3.42. The van der Waals surface area contributed by atoms with Gasteiger partial charge in [0.05, 0.1) is 11.5 Å². The number of piperidine rings is 1. The lowest BCUT2D eigenvalue weighted by Crippen LogP contribution is -2.30. The van der Waals surface area contributed by atoms with Gasteiger partial charge in [0.15, 0.2) is 0 Å². The molecule has 6 heteroatoms. The summed E-state index contributed by atoms with van der Waals surface area (Å²) in [5.41, 5.74) is 0.122. The Labute approximate surface area is 117 Å². The van der Waals surface area contributed by atoms with Gasteiger partial charge in [-0.05, 0) is 56.0 Å². The van der Waals surface area contributed by atoms with Crippen LogP contribution in [0.2, 0.25) is 0 Å². The Kier molecular flexibility index (Phi) is 5.43. The number of nitrogens with zero attached hydrogens (tertiary/aromatic N) is 1. The van der Waals surface area contributed by atoms with E-state index in [1.165, 1.54) is 31.0 Å². The molecule has 1 heterocycles. The molecule has 1 saturated heterocycles. The maximum absolute atomic E-state index is 13.4. The molecular weight excluding hydrogens is 263 g/mol. The summed E-state index contributed by atoms with van der Waals surface area (Å²) in [7, 11) is 0. The summed E-state index contributed by atoms with van der Waals surface area (Å²) in [6.45, 7) is 3.05. The molecule has 1 aliphatic rings. The van der Waals surface area contributed by atoms with Crippen LogP contribution in [0.5, 0.6) is 0 Å². The van der Waals surface area contributed by atoms with Gasteiger partial charge in [-0.2, -0.15) is 4.39 Å². The number of halogens is 1. The van der Waals surface area contributed by atoms with Gasteiger partial charge >= 0.3 is 5.69 Å². The molecule has 0 aliphatic carbocycles. The fourth-order valence-electron chi connectivity index (χ4n) is 2.40. The van der Waals surface area contributed by atoms with Crippen LogP contribution >= 0.6 is 0 Å². The third-order valence-corrected chi connectivity index (χ3v) is 3.55. The van der Waals surface area contributed by atoms with E-state index in [1.54, 1.807) is 0 Å². The lowest BCUT2D eigenvalue weighted by Gasteiger charge is -2.22. The second-order valence-corrected chi connectivity index (χ2v) is 5.10. The van der Waals surface area contributed by atoms with Crippen LogP contribution < -0.4 is 5.32 Å². The van der Waals surface area contributed by atoms with Crippen molar-refractivity contribution in [3.63, 3.8) is 0 Å². The number of benzene rings is 1. The van der Waals surface area contributed by atoms with Gasteiger partial charge in [0, 0.05) is 12.7 Å². The van der Waals surface area contributed by atoms with E-state index in [1.807, 2.05) is 0 Å². The van der Waals surface area contributed by atoms with Crippen molar-refractivity contribution in [2.45, 2.75) is 25.9 Å². The number of nitro benzene ring substituents is 1. The van der Waals surface area contributed by atoms with Gasteiger partial charge in [-0.25, -0.2) is 0 Å². The van der Waals surface area contributed by atoms with Crippen LogP contribution in [-0.2, 0) is 11.3 Å². The predicted molar refractivity (Wildman–Crippen MR) is 72.9 cm³/mol. The molecule has 1 aromatic rings. The van der Waals surface area contributed by atoms with Gasteiger partial charge in [-0.3, -0.25) is 10.1 Å². The molecule has 0 amide bonds. The van der Waals surface area contributed by atoms with E-state index in [0.717, 1.165) is 19.5 Å². The minimum atomic E-state index is -0.812. The molecule has 0 spiro atoms. The topological polar surface area (TPSA) is 64.4 Å². The number of nitro groups is 1. The Morgan fingerprint density at radius 1 is 1.50 bits per heavy atom. The number of ether oxygens (including phenoxy) is 1. The van der Waals surface area contributed by atoms with Crippen molar-refractivity contribution in [3.05, 3.63) is 39.7 Å². The number of hydrogen-bond donors (Lipinski definition) is 1. The lowest BCUT2D eigenvalue weighted by atomic mass is 9.97. The van der Waals surface area contributed by atoms with Crippen LogP contribution in [0.15, 0.2) is 18.2 Å². The molecule has 2 rings (SSSR count). The molecule has 5 nitrogen and oxygen atoms in total. The van der Waals surface area contributed by atoms with E-state index in [2.05, 4.69) is 5.32 Å². The van der Waals surface area contributed by atoms with E-state index in [-0.39, 0.29) is 6.61 Å². The standard InChI is InChI=1S/C14H19FN2O3/c15-13-8-12(3-4-14(13)17(18)19)10-20-7-5-11-2-1-6-16-9-11/h3-4,8,11,16H,1-2,5-7,9-10H2. The van der Waals surface area contributed by atoms with Crippen LogP contribution in [0.4, 0.5) is 10.1 Å². The van der Waals surface area contributed by atoms with Crippen molar-refractivity contribution in [2.24, 2.45) is 5.92 Å². The van der Waals surface area contributed by atoms with Crippen LogP contribution in [0.1, 0.15) is 24.8 Å². The van der Waals surface area contributed by atoms with Crippen LogP contribution in [0.3, 0.4) is 0 Å². The average molecular weight is 282 g/mol. The van der Waals surface area contributed by atoms with E-state index in [9.17, 15) is 14.5 Å². The SMILES string of the molecule is O=[N+]([O-])c1ccc(COCCC2CCCNC2)cc1F.